The van der Waals surface area contributed by atoms with Crippen molar-refractivity contribution < 1.29 is 19.3 Å². The van der Waals surface area contributed by atoms with Gasteiger partial charge in [-0.25, -0.2) is 9.69 Å². The summed E-state index contributed by atoms with van der Waals surface area (Å²) in [5.74, 6) is -1.19. The number of nitro groups is 1. The first-order chi connectivity index (χ1) is 16.1. The van der Waals surface area contributed by atoms with Gasteiger partial charge in [-0.15, -0.1) is 0 Å². The summed E-state index contributed by atoms with van der Waals surface area (Å²) < 4.78 is 0. The summed E-state index contributed by atoms with van der Waals surface area (Å²) in [7, 11) is 0. The molecule has 34 heavy (non-hydrogen) atoms. The van der Waals surface area contributed by atoms with Gasteiger partial charge in [-0.1, -0.05) is 17.7 Å². The fraction of sp³-hybridized carbons (Fsp3) is 0.400. The molecule has 4 amide bonds. The second kappa shape index (κ2) is 7.65. The standard InChI is InChI=1S/C25H26N4O5/c1-14-10-15(2)21(16(3)11-14)28-23(31)25(22(30)26-24(28)32)13-17-12-18(29(33)34)7-8-19(17)27-9-5-4-6-20(25)27/h7-8,10-12,20H,4-6,9,13H2,1-3H3,(H,26,30,32)/t20-,25-/m0/s1. The van der Waals surface area contributed by atoms with Crippen LogP contribution in [-0.4, -0.2) is 35.4 Å². The summed E-state index contributed by atoms with van der Waals surface area (Å²) in [6.45, 7) is 6.25. The molecule has 0 unspecified atom stereocenters. The van der Waals surface area contributed by atoms with Crippen LogP contribution in [-0.2, 0) is 16.0 Å². The van der Waals surface area contributed by atoms with E-state index in [2.05, 4.69) is 5.32 Å². The average Bonchev–Trinajstić information content (AvgIpc) is 2.78. The number of carbonyl (C=O) groups is 3. The number of urea groups is 1. The third-order valence-electron chi connectivity index (χ3n) is 7.40. The highest BCUT2D eigenvalue weighted by Gasteiger charge is 2.62. The minimum atomic E-state index is -1.56. The van der Waals surface area contributed by atoms with Crippen LogP contribution in [0, 0.1) is 36.3 Å². The molecule has 1 N–H and O–H groups in total. The predicted octanol–water partition coefficient (Wildman–Crippen LogP) is 3.70. The van der Waals surface area contributed by atoms with Gasteiger partial charge in [0.2, 0.25) is 5.91 Å². The topological polar surface area (TPSA) is 113 Å². The number of hydrogen-bond acceptors (Lipinski definition) is 6. The first-order valence-corrected chi connectivity index (χ1v) is 11.5. The summed E-state index contributed by atoms with van der Waals surface area (Å²) in [6, 6.07) is 7.22. The lowest BCUT2D eigenvalue weighted by Gasteiger charge is -2.53. The lowest BCUT2D eigenvalue weighted by atomic mass is 9.66. The average molecular weight is 463 g/mol. The van der Waals surface area contributed by atoms with E-state index in [-0.39, 0.29) is 12.1 Å². The third kappa shape index (κ3) is 3.03. The van der Waals surface area contributed by atoms with E-state index in [1.807, 2.05) is 37.8 Å². The number of amides is 4. The zero-order valence-electron chi connectivity index (χ0n) is 19.4. The molecule has 5 rings (SSSR count). The third-order valence-corrected chi connectivity index (χ3v) is 7.40. The van der Waals surface area contributed by atoms with Crippen LogP contribution in [0.3, 0.4) is 0 Å². The Morgan fingerprint density at radius 2 is 1.76 bits per heavy atom. The van der Waals surface area contributed by atoms with Crippen molar-refractivity contribution >= 4 is 34.9 Å². The molecule has 0 bridgehead atoms. The summed E-state index contributed by atoms with van der Waals surface area (Å²) in [6.07, 6.45) is 2.35. The molecule has 2 aromatic rings. The van der Waals surface area contributed by atoms with Crippen molar-refractivity contribution in [2.45, 2.75) is 52.5 Å². The molecule has 176 valence electrons. The molecule has 0 saturated carbocycles. The normalized spacial score (nSPS) is 24.1. The minimum Gasteiger partial charge on any atom is -0.367 e. The van der Waals surface area contributed by atoms with E-state index in [9.17, 15) is 24.5 Å². The van der Waals surface area contributed by atoms with Crippen LogP contribution in [0.25, 0.3) is 0 Å². The van der Waals surface area contributed by atoms with Crippen LogP contribution in [0.5, 0.6) is 0 Å². The fourth-order valence-corrected chi connectivity index (χ4v) is 6.09. The lowest BCUT2D eigenvalue weighted by Crippen LogP contribution is -2.73. The Balaban J connectivity index is 1.70. The molecule has 0 aromatic heterocycles. The quantitative estimate of drug-likeness (QED) is 0.414. The first kappa shape index (κ1) is 22.1. The van der Waals surface area contributed by atoms with Crippen molar-refractivity contribution in [1.82, 2.24) is 5.32 Å². The van der Waals surface area contributed by atoms with Crippen molar-refractivity contribution in [3.63, 3.8) is 0 Å². The Labute approximate surface area is 196 Å². The van der Waals surface area contributed by atoms with Crippen molar-refractivity contribution in [2.24, 2.45) is 5.41 Å². The SMILES string of the molecule is Cc1cc(C)c(N2C(=O)NC(=O)[C@@]3(Cc4cc([N+](=O)[O-])ccc4N4CCCC[C@H]43)C2=O)c(C)c1. The van der Waals surface area contributed by atoms with E-state index >= 15 is 0 Å². The number of nitrogens with one attached hydrogen (secondary N) is 1. The van der Waals surface area contributed by atoms with Gasteiger partial charge in [-0.2, -0.15) is 0 Å². The zero-order valence-corrected chi connectivity index (χ0v) is 19.4. The van der Waals surface area contributed by atoms with Gasteiger partial charge < -0.3 is 4.90 Å². The fourth-order valence-electron chi connectivity index (χ4n) is 6.09. The number of piperidine rings is 1. The van der Waals surface area contributed by atoms with Gasteiger partial charge in [0, 0.05) is 30.8 Å². The minimum absolute atomic E-state index is 0.00355. The molecule has 3 aliphatic heterocycles. The number of hydrogen-bond donors (Lipinski definition) is 1. The molecular weight excluding hydrogens is 436 g/mol. The molecule has 2 fully saturated rings. The van der Waals surface area contributed by atoms with Crippen molar-refractivity contribution in [1.29, 1.82) is 0 Å². The maximum Gasteiger partial charge on any atom is 0.335 e. The summed E-state index contributed by atoms with van der Waals surface area (Å²) in [4.78, 5) is 55.0. The molecule has 2 saturated heterocycles. The molecule has 9 heteroatoms. The number of nitrogens with zero attached hydrogens (tertiary/aromatic N) is 3. The summed E-state index contributed by atoms with van der Waals surface area (Å²) >= 11 is 0. The van der Waals surface area contributed by atoms with Gasteiger partial charge >= 0.3 is 6.03 Å². The van der Waals surface area contributed by atoms with Gasteiger partial charge in [0.05, 0.1) is 16.7 Å². The van der Waals surface area contributed by atoms with E-state index in [0.717, 1.165) is 40.1 Å². The van der Waals surface area contributed by atoms with Crippen molar-refractivity contribution in [2.75, 3.05) is 16.3 Å². The maximum atomic E-state index is 14.3. The Morgan fingerprint density at radius 3 is 2.44 bits per heavy atom. The molecule has 2 aromatic carbocycles. The Bertz CT molecular complexity index is 1250. The van der Waals surface area contributed by atoms with Crippen LogP contribution in [0.1, 0.15) is 41.5 Å². The van der Waals surface area contributed by atoms with Gasteiger partial charge in [-0.3, -0.25) is 25.0 Å². The lowest BCUT2D eigenvalue weighted by molar-refractivity contribution is -0.384. The Morgan fingerprint density at radius 1 is 1.06 bits per heavy atom. The second-order valence-corrected chi connectivity index (χ2v) is 9.57. The number of fused-ring (bicyclic) bond motifs is 4. The molecular formula is C25H26N4O5. The highest BCUT2D eigenvalue weighted by molar-refractivity contribution is 6.31. The number of nitro benzene ring substituents is 1. The van der Waals surface area contributed by atoms with E-state index in [1.54, 1.807) is 6.07 Å². The predicted molar refractivity (Wildman–Crippen MR) is 126 cm³/mol. The number of rotatable bonds is 2. The summed E-state index contributed by atoms with van der Waals surface area (Å²) in [5, 5.41) is 13.9. The Kier molecular flexibility index (Phi) is 4.96. The van der Waals surface area contributed by atoms with Crippen LogP contribution >= 0.6 is 0 Å². The monoisotopic (exact) mass is 462 g/mol. The molecule has 0 aliphatic carbocycles. The number of non-ortho nitro benzene ring substituents is 1. The zero-order chi connectivity index (χ0) is 24.4. The largest absolute Gasteiger partial charge is 0.367 e. The maximum absolute atomic E-state index is 14.3. The van der Waals surface area contributed by atoms with Gasteiger partial charge in [0.25, 0.3) is 11.6 Å². The smallest absolute Gasteiger partial charge is 0.335 e. The van der Waals surface area contributed by atoms with Crippen LogP contribution in [0.4, 0.5) is 21.9 Å². The Hall–Kier alpha value is -3.75. The van der Waals surface area contributed by atoms with E-state index in [4.69, 9.17) is 0 Å². The second-order valence-electron chi connectivity index (χ2n) is 9.57. The number of imide groups is 2. The summed E-state index contributed by atoms with van der Waals surface area (Å²) in [5.41, 5.74) is 2.75. The van der Waals surface area contributed by atoms with Crippen molar-refractivity contribution in [3.8, 4) is 0 Å². The van der Waals surface area contributed by atoms with Crippen LogP contribution < -0.4 is 15.1 Å². The van der Waals surface area contributed by atoms with Gasteiger partial charge in [-0.05, 0) is 62.8 Å². The highest BCUT2D eigenvalue weighted by Crippen LogP contribution is 2.49. The van der Waals surface area contributed by atoms with E-state index in [0.29, 0.717) is 24.2 Å². The van der Waals surface area contributed by atoms with Crippen molar-refractivity contribution in [3.05, 3.63) is 62.7 Å². The molecule has 9 nitrogen and oxygen atoms in total. The highest BCUT2D eigenvalue weighted by atomic mass is 16.6. The van der Waals surface area contributed by atoms with Gasteiger partial charge in [0.1, 0.15) is 0 Å². The first-order valence-electron chi connectivity index (χ1n) is 11.5. The van der Waals surface area contributed by atoms with Crippen LogP contribution in [0.2, 0.25) is 0 Å². The van der Waals surface area contributed by atoms with E-state index < -0.39 is 34.2 Å². The number of benzene rings is 2. The number of aryl methyl sites for hydroxylation is 3. The van der Waals surface area contributed by atoms with E-state index in [1.165, 1.54) is 12.1 Å². The molecule has 3 aliphatic rings. The molecule has 0 radical (unpaired) electrons. The molecule has 1 spiro atoms. The molecule has 2 atom stereocenters. The van der Waals surface area contributed by atoms with Crippen LogP contribution in [0.15, 0.2) is 30.3 Å². The number of carbonyl (C=O) groups excluding carboxylic acids is 3. The number of anilines is 2. The molecule has 3 heterocycles. The number of barbiturate groups is 1. The van der Waals surface area contributed by atoms with Gasteiger partial charge in [0.15, 0.2) is 5.41 Å².